The molecule has 2 nitrogen and oxygen atoms in total. The molecule has 0 amide bonds. The third kappa shape index (κ3) is 2.86. The van der Waals surface area contributed by atoms with Crippen LogP contribution in [0.25, 0.3) is 0 Å². The second-order valence-electron chi connectivity index (χ2n) is 5.89. The summed E-state index contributed by atoms with van der Waals surface area (Å²) in [5, 5.41) is 0. The molecule has 1 aromatic carbocycles. The Kier molecular flexibility index (Phi) is 4.28. The number of para-hydroxylation sites is 1. The van der Waals surface area contributed by atoms with Crippen molar-refractivity contribution in [3.63, 3.8) is 0 Å². The van der Waals surface area contributed by atoms with Crippen molar-refractivity contribution in [2.45, 2.75) is 45.4 Å². The first-order valence-electron chi connectivity index (χ1n) is 7.09. The molecule has 0 saturated heterocycles. The number of rotatable bonds is 5. The van der Waals surface area contributed by atoms with Crippen LogP contribution in [0, 0.1) is 5.41 Å². The molecule has 0 heterocycles. The van der Waals surface area contributed by atoms with Gasteiger partial charge >= 0.3 is 0 Å². The van der Waals surface area contributed by atoms with Crippen LogP contribution < -0.4 is 10.5 Å². The molecule has 1 aliphatic carbocycles. The van der Waals surface area contributed by atoms with E-state index in [-0.39, 0.29) is 5.41 Å². The molecule has 2 N–H and O–H groups in total. The minimum Gasteiger partial charge on any atom is -0.493 e. The van der Waals surface area contributed by atoms with E-state index in [9.17, 15) is 0 Å². The topological polar surface area (TPSA) is 35.2 Å². The predicted molar refractivity (Wildman–Crippen MR) is 76.0 cm³/mol. The van der Waals surface area contributed by atoms with E-state index in [1.54, 1.807) is 0 Å². The van der Waals surface area contributed by atoms with E-state index in [1.807, 2.05) is 6.07 Å². The lowest BCUT2D eigenvalue weighted by molar-refractivity contribution is 0.155. The van der Waals surface area contributed by atoms with Crippen LogP contribution in [-0.2, 0) is 0 Å². The molecule has 18 heavy (non-hydrogen) atoms. The van der Waals surface area contributed by atoms with Crippen molar-refractivity contribution >= 4 is 0 Å². The normalized spacial score (nSPS) is 18.2. The Labute approximate surface area is 111 Å². The van der Waals surface area contributed by atoms with Gasteiger partial charge in [-0.1, -0.05) is 44.9 Å². The molecule has 0 bridgehead atoms. The van der Waals surface area contributed by atoms with E-state index in [2.05, 4.69) is 32.0 Å². The summed E-state index contributed by atoms with van der Waals surface area (Å²) < 4.78 is 6.10. The maximum Gasteiger partial charge on any atom is 0.122 e. The van der Waals surface area contributed by atoms with Gasteiger partial charge in [0.05, 0.1) is 6.61 Å². The Morgan fingerprint density at radius 2 is 1.89 bits per heavy atom. The maximum absolute atomic E-state index is 6.10. The highest BCUT2D eigenvalue weighted by Gasteiger charge is 2.33. The van der Waals surface area contributed by atoms with Crippen LogP contribution in [0.3, 0.4) is 0 Å². The summed E-state index contributed by atoms with van der Waals surface area (Å²) in [6.07, 6.45) is 5.03. The third-order valence-corrected chi connectivity index (χ3v) is 4.17. The van der Waals surface area contributed by atoms with Gasteiger partial charge in [0.15, 0.2) is 0 Å². The van der Waals surface area contributed by atoms with Crippen LogP contribution in [0.5, 0.6) is 5.75 Å². The number of hydrogen-bond acceptors (Lipinski definition) is 2. The Hall–Kier alpha value is -1.02. The van der Waals surface area contributed by atoms with Crippen LogP contribution in [0.1, 0.15) is 51.0 Å². The average molecular weight is 247 g/mol. The van der Waals surface area contributed by atoms with Gasteiger partial charge in [-0.2, -0.15) is 0 Å². The minimum atomic E-state index is 0.226. The van der Waals surface area contributed by atoms with Crippen LogP contribution in [-0.4, -0.2) is 13.2 Å². The number of benzene rings is 1. The summed E-state index contributed by atoms with van der Waals surface area (Å²) in [6, 6.07) is 8.36. The summed E-state index contributed by atoms with van der Waals surface area (Å²) in [5.41, 5.74) is 7.47. The maximum atomic E-state index is 6.10. The standard InChI is InChI=1S/C16H25NO/c1-13(2)14-7-3-4-8-15(14)18-12-16(11-17)9-5-6-10-16/h3-4,7-8,13H,5-6,9-12,17H2,1-2H3. The predicted octanol–water partition coefficient (Wildman–Crippen LogP) is 3.71. The van der Waals surface area contributed by atoms with E-state index in [0.29, 0.717) is 5.92 Å². The van der Waals surface area contributed by atoms with Gasteiger partial charge in [-0.05, 0) is 30.4 Å². The van der Waals surface area contributed by atoms with Crippen molar-refractivity contribution in [2.75, 3.05) is 13.2 Å². The molecule has 0 aliphatic heterocycles. The number of ether oxygens (including phenoxy) is 1. The third-order valence-electron chi connectivity index (χ3n) is 4.17. The molecule has 0 radical (unpaired) electrons. The van der Waals surface area contributed by atoms with E-state index in [4.69, 9.17) is 10.5 Å². The first-order valence-corrected chi connectivity index (χ1v) is 7.09. The minimum absolute atomic E-state index is 0.226. The van der Waals surface area contributed by atoms with Crippen LogP contribution in [0.15, 0.2) is 24.3 Å². The van der Waals surface area contributed by atoms with Gasteiger partial charge in [-0.25, -0.2) is 0 Å². The van der Waals surface area contributed by atoms with Crippen LogP contribution >= 0.6 is 0 Å². The largest absolute Gasteiger partial charge is 0.493 e. The molecule has 1 saturated carbocycles. The van der Waals surface area contributed by atoms with Crippen molar-refractivity contribution < 1.29 is 4.74 Å². The zero-order valence-corrected chi connectivity index (χ0v) is 11.6. The van der Waals surface area contributed by atoms with Crippen molar-refractivity contribution in [1.82, 2.24) is 0 Å². The van der Waals surface area contributed by atoms with Gasteiger partial charge in [-0.3, -0.25) is 0 Å². The molecule has 1 aromatic rings. The molecule has 0 spiro atoms. The molecule has 100 valence electrons. The van der Waals surface area contributed by atoms with E-state index < -0.39 is 0 Å². The van der Waals surface area contributed by atoms with Crippen LogP contribution in [0.2, 0.25) is 0 Å². The Balaban J connectivity index is 2.05. The highest BCUT2D eigenvalue weighted by molar-refractivity contribution is 5.35. The van der Waals surface area contributed by atoms with Gasteiger partial charge in [0, 0.05) is 12.0 Å². The van der Waals surface area contributed by atoms with Gasteiger partial charge in [0.1, 0.15) is 5.75 Å². The monoisotopic (exact) mass is 247 g/mol. The van der Waals surface area contributed by atoms with E-state index in [1.165, 1.54) is 31.2 Å². The molecule has 1 aliphatic rings. The fourth-order valence-corrected chi connectivity index (χ4v) is 2.85. The molecule has 0 aromatic heterocycles. The average Bonchev–Trinajstić information content (AvgIpc) is 2.86. The van der Waals surface area contributed by atoms with Gasteiger partial charge in [-0.15, -0.1) is 0 Å². The highest BCUT2D eigenvalue weighted by Crippen LogP contribution is 2.38. The van der Waals surface area contributed by atoms with E-state index in [0.717, 1.165) is 18.9 Å². The lowest BCUT2D eigenvalue weighted by atomic mass is 9.87. The van der Waals surface area contributed by atoms with Crippen molar-refractivity contribution in [2.24, 2.45) is 11.1 Å². The summed E-state index contributed by atoms with van der Waals surface area (Å²) in [7, 11) is 0. The summed E-state index contributed by atoms with van der Waals surface area (Å²) in [6.45, 7) is 5.93. The molecular weight excluding hydrogens is 222 g/mol. The Morgan fingerprint density at radius 3 is 2.50 bits per heavy atom. The van der Waals surface area contributed by atoms with Gasteiger partial charge < -0.3 is 10.5 Å². The van der Waals surface area contributed by atoms with Crippen LogP contribution in [0.4, 0.5) is 0 Å². The quantitative estimate of drug-likeness (QED) is 0.861. The molecule has 2 heteroatoms. The first kappa shape index (κ1) is 13.4. The Morgan fingerprint density at radius 1 is 1.22 bits per heavy atom. The molecule has 2 rings (SSSR count). The second kappa shape index (κ2) is 5.75. The second-order valence-corrected chi connectivity index (χ2v) is 5.89. The van der Waals surface area contributed by atoms with Gasteiger partial charge in [0.2, 0.25) is 0 Å². The lowest BCUT2D eigenvalue weighted by Crippen LogP contribution is -2.33. The Bertz CT molecular complexity index is 380. The van der Waals surface area contributed by atoms with E-state index >= 15 is 0 Å². The lowest BCUT2D eigenvalue weighted by Gasteiger charge is -2.28. The smallest absolute Gasteiger partial charge is 0.122 e. The number of nitrogens with two attached hydrogens (primary N) is 1. The number of hydrogen-bond donors (Lipinski definition) is 1. The molecule has 1 fully saturated rings. The van der Waals surface area contributed by atoms with Crippen molar-refractivity contribution in [3.8, 4) is 5.75 Å². The highest BCUT2D eigenvalue weighted by atomic mass is 16.5. The molecular formula is C16H25NO. The fourth-order valence-electron chi connectivity index (χ4n) is 2.85. The summed E-state index contributed by atoms with van der Waals surface area (Å²) >= 11 is 0. The van der Waals surface area contributed by atoms with Crippen molar-refractivity contribution in [1.29, 1.82) is 0 Å². The SMILES string of the molecule is CC(C)c1ccccc1OCC1(CN)CCCC1. The molecule has 0 unspecified atom stereocenters. The van der Waals surface area contributed by atoms with Crippen molar-refractivity contribution in [3.05, 3.63) is 29.8 Å². The van der Waals surface area contributed by atoms with Gasteiger partial charge in [0.25, 0.3) is 0 Å². The summed E-state index contributed by atoms with van der Waals surface area (Å²) in [4.78, 5) is 0. The molecule has 0 atom stereocenters. The first-order chi connectivity index (χ1) is 8.67. The summed E-state index contributed by atoms with van der Waals surface area (Å²) in [5.74, 6) is 1.53. The zero-order chi connectivity index (χ0) is 13.0. The zero-order valence-electron chi connectivity index (χ0n) is 11.6. The fraction of sp³-hybridized carbons (Fsp3) is 0.625.